The lowest BCUT2D eigenvalue weighted by molar-refractivity contribution is 0.100. The molecule has 0 bridgehead atoms. The van der Waals surface area contributed by atoms with Crippen LogP contribution in [0, 0.1) is 6.92 Å². The molecule has 0 aliphatic rings. The predicted molar refractivity (Wildman–Crippen MR) is 82.5 cm³/mol. The van der Waals surface area contributed by atoms with Crippen molar-refractivity contribution >= 4 is 17.7 Å². The fraction of sp³-hybridized carbons (Fsp3) is 0.357. The second kappa shape index (κ2) is 7.12. The molecule has 0 aliphatic carbocycles. The van der Waals surface area contributed by atoms with Gasteiger partial charge in [0, 0.05) is 5.56 Å². The average Bonchev–Trinajstić information content (AvgIpc) is 2.86. The Morgan fingerprint density at radius 2 is 2.24 bits per heavy atom. The maximum atomic E-state index is 12.3. The van der Waals surface area contributed by atoms with Crippen molar-refractivity contribution in [1.82, 2.24) is 14.9 Å². The van der Waals surface area contributed by atoms with Crippen LogP contribution in [0.25, 0.3) is 0 Å². The fourth-order valence-electron chi connectivity index (χ4n) is 1.72. The maximum Gasteiger partial charge on any atom is 0.270 e. The highest BCUT2D eigenvalue weighted by Crippen LogP contribution is 2.15. The first kappa shape index (κ1) is 15.4. The zero-order valence-electron chi connectivity index (χ0n) is 12.3. The highest BCUT2D eigenvalue weighted by Gasteiger charge is 2.12. The number of hydrogen-bond acceptors (Lipinski definition) is 5. The molecule has 0 saturated heterocycles. The average molecular weight is 306 g/mol. The van der Waals surface area contributed by atoms with Gasteiger partial charge in [-0.15, -0.1) is 10.2 Å². The van der Waals surface area contributed by atoms with Gasteiger partial charge >= 0.3 is 0 Å². The Labute approximate surface area is 127 Å². The molecule has 0 unspecified atom stereocenters. The van der Waals surface area contributed by atoms with E-state index in [1.54, 1.807) is 29.8 Å². The Bertz CT molecular complexity index is 627. The van der Waals surface area contributed by atoms with Crippen LogP contribution in [0.2, 0.25) is 0 Å². The molecule has 2 aromatic rings. The van der Waals surface area contributed by atoms with Gasteiger partial charge in [0.25, 0.3) is 5.91 Å². The van der Waals surface area contributed by atoms with E-state index in [4.69, 9.17) is 4.74 Å². The molecular formula is C14H18N4O2S. The number of nitrogens with zero attached hydrogens (tertiary/aromatic N) is 3. The van der Waals surface area contributed by atoms with Gasteiger partial charge in [-0.2, -0.15) is 0 Å². The molecule has 2 rings (SSSR count). The minimum atomic E-state index is -0.227. The summed E-state index contributed by atoms with van der Waals surface area (Å²) in [4.78, 5) is 12.3. The van der Waals surface area contributed by atoms with E-state index in [9.17, 15) is 4.79 Å². The summed E-state index contributed by atoms with van der Waals surface area (Å²) in [6.07, 6.45) is 2.80. The summed E-state index contributed by atoms with van der Waals surface area (Å²) >= 11 is 1.42. The van der Waals surface area contributed by atoms with Crippen molar-refractivity contribution in [3.63, 3.8) is 0 Å². The van der Waals surface area contributed by atoms with E-state index in [0.29, 0.717) is 28.9 Å². The van der Waals surface area contributed by atoms with Crippen LogP contribution in [0.15, 0.2) is 29.4 Å². The third-order valence-electron chi connectivity index (χ3n) is 2.76. The van der Waals surface area contributed by atoms with Gasteiger partial charge in [0.1, 0.15) is 11.6 Å². The van der Waals surface area contributed by atoms with Gasteiger partial charge in [0.05, 0.1) is 6.61 Å². The monoisotopic (exact) mass is 306 g/mol. The number of nitrogens with one attached hydrogen (secondary N) is 1. The van der Waals surface area contributed by atoms with Crippen LogP contribution in [0.1, 0.15) is 29.5 Å². The molecule has 0 aliphatic heterocycles. The number of aryl methyl sites for hydroxylation is 1. The molecule has 1 aromatic heterocycles. The van der Waals surface area contributed by atoms with Crippen LogP contribution in [-0.2, 0) is 0 Å². The summed E-state index contributed by atoms with van der Waals surface area (Å²) in [5.74, 6) is 1.09. The smallest absolute Gasteiger partial charge is 0.270 e. The largest absolute Gasteiger partial charge is 0.494 e. The molecule has 1 N–H and O–H groups in total. The van der Waals surface area contributed by atoms with Crippen molar-refractivity contribution in [1.29, 1.82) is 0 Å². The van der Waals surface area contributed by atoms with Crippen LogP contribution in [-0.4, -0.2) is 33.6 Å². The molecule has 112 valence electrons. The SMILES string of the molecule is CCCOc1cccc(C(=O)Nn2c(C)nnc2SC)c1. The molecule has 7 heteroatoms. The second-order valence-electron chi connectivity index (χ2n) is 4.39. The fourth-order valence-corrected chi connectivity index (χ4v) is 2.20. The van der Waals surface area contributed by atoms with Gasteiger partial charge in [-0.25, -0.2) is 4.68 Å². The first-order valence-corrected chi connectivity index (χ1v) is 7.88. The Hall–Kier alpha value is -2.02. The third kappa shape index (κ3) is 3.75. The summed E-state index contributed by atoms with van der Waals surface area (Å²) in [7, 11) is 0. The molecular weight excluding hydrogens is 288 g/mol. The van der Waals surface area contributed by atoms with Gasteiger partial charge in [-0.1, -0.05) is 24.8 Å². The number of carbonyl (C=O) groups is 1. The maximum absolute atomic E-state index is 12.3. The van der Waals surface area contributed by atoms with Crippen molar-refractivity contribution in [2.24, 2.45) is 0 Å². The molecule has 1 aromatic carbocycles. The van der Waals surface area contributed by atoms with Crippen molar-refractivity contribution in [2.75, 3.05) is 18.3 Å². The van der Waals surface area contributed by atoms with E-state index in [-0.39, 0.29) is 5.91 Å². The molecule has 0 fully saturated rings. The number of aromatic nitrogens is 3. The molecule has 0 atom stereocenters. The standard InChI is InChI=1S/C14H18N4O2S/c1-4-8-20-12-7-5-6-11(9-12)13(19)17-18-10(2)15-16-14(18)21-3/h5-7,9H,4,8H2,1-3H3,(H,17,19). The molecule has 0 saturated carbocycles. The number of ether oxygens (including phenoxy) is 1. The Balaban J connectivity index is 2.14. The Morgan fingerprint density at radius 3 is 2.95 bits per heavy atom. The van der Waals surface area contributed by atoms with Gasteiger partial charge < -0.3 is 4.74 Å². The van der Waals surface area contributed by atoms with Crippen molar-refractivity contribution in [2.45, 2.75) is 25.4 Å². The number of benzene rings is 1. The van der Waals surface area contributed by atoms with E-state index < -0.39 is 0 Å². The number of amides is 1. The number of thioether (sulfide) groups is 1. The Morgan fingerprint density at radius 1 is 1.43 bits per heavy atom. The molecule has 0 radical (unpaired) electrons. The first-order valence-electron chi connectivity index (χ1n) is 6.66. The molecule has 0 spiro atoms. The van der Waals surface area contributed by atoms with Crippen LogP contribution < -0.4 is 10.2 Å². The minimum absolute atomic E-state index is 0.227. The molecule has 21 heavy (non-hydrogen) atoms. The second-order valence-corrected chi connectivity index (χ2v) is 5.16. The molecule has 1 amide bonds. The van der Waals surface area contributed by atoms with Gasteiger partial charge in [0.15, 0.2) is 0 Å². The van der Waals surface area contributed by atoms with E-state index in [1.807, 2.05) is 19.2 Å². The third-order valence-corrected chi connectivity index (χ3v) is 3.39. The topological polar surface area (TPSA) is 69.0 Å². The van der Waals surface area contributed by atoms with Crippen LogP contribution in [0.5, 0.6) is 5.75 Å². The lowest BCUT2D eigenvalue weighted by Crippen LogP contribution is -2.24. The van der Waals surface area contributed by atoms with E-state index in [2.05, 4.69) is 15.6 Å². The lowest BCUT2D eigenvalue weighted by Gasteiger charge is -2.10. The first-order chi connectivity index (χ1) is 10.2. The summed E-state index contributed by atoms with van der Waals surface area (Å²) in [5.41, 5.74) is 3.32. The summed E-state index contributed by atoms with van der Waals surface area (Å²) in [6, 6.07) is 7.11. The lowest BCUT2D eigenvalue weighted by atomic mass is 10.2. The van der Waals surface area contributed by atoms with E-state index >= 15 is 0 Å². The normalized spacial score (nSPS) is 10.4. The quantitative estimate of drug-likeness (QED) is 0.830. The highest BCUT2D eigenvalue weighted by atomic mass is 32.2. The van der Waals surface area contributed by atoms with Crippen molar-refractivity contribution in [3.8, 4) is 5.75 Å². The summed E-state index contributed by atoms with van der Waals surface area (Å²) in [6.45, 7) is 4.45. The minimum Gasteiger partial charge on any atom is -0.494 e. The van der Waals surface area contributed by atoms with E-state index in [0.717, 1.165) is 6.42 Å². The van der Waals surface area contributed by atoms with Crippen molar-refractivity contribution in [3.05, 3.63) is 35.7 Å². The van der Waals surface area contributed by atoms with Crippen LogP contribution >= 0.6 is 11.8 Å². The molecule has 1 heterocycles. The van der Waals surface area contributed by atoms with Crippen molar-refractivity contribution < 1.29 is 9.53 Å². The van der Waals surface area contributed by atoms with E-state index in [1.165, 1.54) is 11.8 Å². The van der Waals surface area contributed by atoms with Crippen LogP contribution in [0.3, 0.4) is 0 Å². The van der Waals surface area contributed by atoms with Gasteiger partial charge in [0.2, 0.25) is 5.16 Å². The zero-order valence-corrected chi connectivity index (χ0v) is 13.1. The van der Waals surface area contributed by atoms with Crippen LogP contribution in [0.4, 0.5) is 0 Å². The number of hydrogen-bond donors (Lipinski definition) is 1. The molecule has 6 nitrogen and oxygen atoms in total. The predicted octanol–water partition coefficient (Wildman–Crippen LogP) is 2.48. The van der Waals surface area contributed by atoms with Gasteiger partial charge in [-0.05, 0) is 37.8 Å². The summed E-state index contributed by atoms with van der Waals surface area (Å²) < 4.78 is 7.11. The Kier molecular flexibility index (Phi) is 5.21. The van der Waals surface area contributed by atoms with Gasteiger partial charge in [-0.3, -0.25) is 10.2 Å². The number of carbonyl (C=O) groups excluding carboxylic acids is 1. The highest BCUT2D eigenvalue weighted by molar-refractivity contribution is 7.98. The summed E-state index contributed by atoms with van der Waals surface area (Å²) in [5, 5.41) is 8.56. The zero-order chi connectivity index (χ0) is 15.2. The number of rotatable bonds is 6.